The zero-order valence-corrected chi connectivity index (χ0v) is 13.4. The molecule has 1 aromatic carbocycles. The molecule has 0 amide bonds. The minimum absolute atomic E-state index is 0.178. The second kappa shape index (κ2) is 6.72. The summed E-state index contributed by atoms with van der Waals surface area (Å²) in [6.45, 7) is 0.178. The van der Waals surface area contributed by atoms with Gasteiger partial charge in [-0.3, -0.25) is 0 Å². The van der Waals surface area contributed by atoms with Crippen molar-refractivity contribution in [2.75, 3.05) is 7.11 Å². The Labute approximate surface area is 136 Å². The van der Waals surface area contributed by atoms with E-state index in [1.54, 1.807) is 13.2 Å². The van der Waals surface area contributed by atoms with Crippen molar-refractivity contribution in [2.45, 2.75) is 6.61 Å². The molecule has 0 atom stereocenters. The standard InChI is InChI=1S/C16H13NO3S2/c1-19-13-5-2-4-11(8-13)15-17-12(10-22-15)9-20-16(18)14-6-3-7-21-14/h2-8,10H,9H2,1H3. The normalized spacial score (nSPS) is 10.4. The molecule has 3 rings (SSSR count). The van der Waals surface area contributed by atoms with E-state index < -0.39 is 0 Å². The summed E-state index contributed by atoms with van der Waals surface area (Å²) in [7, 11) is 1.64. The minimum atomic E-state index is -0.314. The Kier molecular flexibility index (Phi) is 4.50. The number of aromatic nitrogens is 1. The van der Waals surface area contributed by atoms with Crippen molar-refractivity contribution < 1.29 is 14.3 Å². The van der Waals surface area contributed by atoms with Crippen molar-refractivity contribution in [3.05, 3.63) is 57.7 Å². The number of nitrogens with zero attached hydrogens (tertiary/aromatic N) is 1. The average Bonchev–Trinajstić information content (AvgIpc) is 3.24. The molecule has 0 aliphatic rings. The molecule has 4 nitrogen and oxygen atoms in total. The van der Waals surface area contributed by atoms with Crippen molar-refractivity contribution in [1.29, 1.82) is 0 Å². The summed E-state index contributed by atoms with van der Waals surface area (Å²) in [5.41, 5.74) is 1.73. The molecule has 3 aromatic rings. The van der Waals surface area contributed by atoms with Gasteiger partial charge in [-0.1, -0.05) is 18.2 Å². The average molecular weight is 331 g/mol. The monoisotopic (exact) mass is 331 g/mol. The largest absolute Gasteiger partial charge is 0.497 e. The Morgan fingerprint density at radius 1 is 1.23 bits per heavy atom. The molecule has 0 aliphatic heterocycles. The second-order valence-corrected chi connectivity index (χ2v) is 6.24. The molecular formula is C16H13NO3S2. The van der Waals surface area contributed by atoms with Crippen LogP contribution < -0.4 is 4.74 Å². The maximum absolute atomic E-state index is 11.8. The van der Waals surface area contributed by atoms with E-state index in [1.165, 1.54) is 22.7 Å². The van der Waals surface area contributed by atoms with Gasteiger partial charge in [-0.05, 0) is 23.6 Å². The molecule has 0 aliphatic carbocycles. The molecule has 0 saturated carbocycles. The molecular weight excluding hydrogens is 318 g/mol. The predicted molar refractivity (Wildman–Crippen MR) is 87.5 cm³/mol. The van der Waals surface area contributed by atoms with Gasteiger partial charge >= 0.3 is 5.97 Å². The van der Waals surface area contributed by atoms with Crippen LogP contribution >= 0.6 is 22.7 Å². The maximum atomic E-state index is 11.8. The number of carbonyl (C=O) groups is 1. The third kappa shape index (κ3) is 3.35. The molecule has 112 valence electrons. The number of carbonyl (C=O) groups excluding carboxylic acids is 1. The quantitative estimate of drug-likeness (QED) is 0.656. The van der Waals surface area contributed by atoms with Gasteiger partial charge in [0.05, 0.1) is 12.8 Å². The number of hydrogen-bond acceptors (Lipinski definition) is 6. The smallest absolute Gasteiger partial charge is 0.348 e. The lowest BCUT2D eigenvalue weighted by atomic mass is 10.2. The highest BCUT2D eigenvalue weighted by Gasteiger charge is 2.10. The van der Waals surface area contributed by atoms with E-state index in [0.717, 1.165) is 22.0 Å². The third-order valence-electron chi connectivity index (χ3n) is 2.94. The van der Waals surface area contributed by atoms with E-state index in [4.69, 9.17) is 9.47 Å². The lowest BCUT2D eigenvalue weighted by molar-refractivity contribution is 0.0474. The first kappa shape index (κ1) is 14.7. The number of rotatable bonds is 5. The van der Waals surface area contributed by atoms with Gasteiger partial charge in [-0.2, -0.15) is 0 Å². The molecule has 2 aromatic heterocycles. The Morgan fingerprint density at radius 2 is 2.14 bits per heavy atom. The van der Waals surface area contributed by atoms with Gasteiger partial charge in [0.2, 0.25) is 0 Å². The third-order valence-corrected chi connectivity index (χ3v) is 4.73. The highest BCUT2D eigenvalue weighted by atomic mass is 32.1. The van der Waals surface area contributed by atoms with Gasteiger partial charge in [-0.15, -0.1) is 22.7 Å². The van der Waals surface area contributed by atoms with E-state index >= 15 is 0 Å². The Morgan fingerprint density at radius 3 is 2.91 bits per heavy atom. The Balaban J connectivity index is 1.67. The summed E-state index contributed by atoms with van der Waals surface area (Å²) < 4.78 is 10.5. The summed E-state index contributed by atoms with van der Waals surface area (Å²) in [6, 6.07) is 11.3. The van der Waals surface area contributed by atoms with Crippen LogP contribution in [-0.4, -0.2) is 18.1 Å². The molecule has 2 heterocycles. The van der Waals surface area contributed by atoms with E-state index in [-0.39, 0.29) is 12.6 Å². The highest BCUT2D eigenvalue weighted by Crippen LogP contribution is 2.27. The SMILES string of the molecule is COc1cccc(-c2nc(COC(=O)c3cccs3)cs2)c1. The molecule has 0 bridgehead atoms. The first-order valence-electron chi connectivity index (χ1n) is 6.56. The van der Waals surface area contributed by atoms with Crippen molar-refractivity contribution in [3.8, 4) is 16.3 Å². The van der Waals surface area contributed by atoms with Gasteiger partial charge in [0.25, 0.3) is 0 Å². The second-order valence-electron chi connectivity index (χ2n) is 4.43. The number of thiophene rings is 1. The number of thiazole rings is 1. The van der Waals surface area contributed by atoms with E-state index in [1.807, 2.05) is 41.1 Å². The lowest BCUT2D eigenvalue weighted by Gasteiger charge is -2.02. The lowest BCUT2D eigenvalue weighted by Crippen LogP contribution is -2.03. The summed E-state index contributed by atoms with van der Waals surface area (Å²) in [5.74, 6) is 0.476. The molecule has 6 heteroatoms. The van der Waals surface area contributed by atoms with Crippen LogP contribution in [0.1, 0.15) is 15.4 Å². The van der Waals surface area contributed by atoms with Crippen LogP contribution in [0.15, 0.2) is 47.2 Å². The van der Waals surface area contributed by atoms with Crippen LogP contribution in [0.25, 0.3) is 10.6 Å². The fraction of sp³-hybridized carbons (Fsp3) is 0.125. The minimum Gasteiger partial charge on any atom is -0.497 e. The molecule has 0 spiro atoms. The zero-order valence-electron chi connectivity index (χ0n) is 11.8. The van der Waals surface area contributed by atoms with Crippen LogP contribution in [0.2, 0.25) is 0 Å². The number of hydrogen-bond donors (Lipinski definition) is 0. The molecule has 0 radical (unpaired) electrons. The Hall–Kier alpha value is -2.18. The number of methoxy groups -OCH3 is 1. The highest BCUT2D eigenvalue weighted by molar-refractivity contribution is 7.13. The zero-order chi connectivity index (χ0) is 15.4. The summed E-state index contributed by atoms with van der Waals surface area (Å²) in [6.07, 6.45) is 0. The summed E-state index contributed by atoms with van der Waals surface area (Å²) in [4.78, 5) is 16.9. The van der Waals surface area contributed by atoms with E-state index in [0.29, 0.717) is 4.88 Å². The van der Waals surface area contributed by atoms with Gasteiger partial charge in [0, 0.05) is 10.9 Å². The van der Waals surface area contributed by atoms with Crippen molar-refractivity contribution in [1.82, 2.24) is 4.98 Å². The van der Waals surface area contributed by atoms with Crippen LogP contribution in [0, 0.1) is 0 Å². The molecule has 0 N–H and O–H groups in total. The number of ether oxygens (including phenoxy) is 2. The topological polar surface area (TPSA) is 48.4 Å². The molecule has 0 fully saturated rings. The fourth-order valence-corrected chi connectivity index (χ4v) is 3.28. The van der Waals surface area contributed by atoms with Gasteiger partial charge in [0.15, 0.2) is 0 Å². The first-order chi connectivity index (χ1) is 10.8. The Bertz CT molecular complexity index is 765. The van der Waals surface area contributed by atoms with Crippen LogP contribution in [-0.2, 0) is 11.3 Å². The van der Waals surface area contributed by atoms with E-state index in [2.05, 4.69) is 4.98 Å². The van der Waals surface area contributed by atoms with Crippen LogP contribution in [0.3, 0.4) is 0 Å². The van der Waals surface area contributed by atoms with Gasteiger partial charge in [-0.25, -0.2) is 9.78 Å². The van der Waals surface area contributed by atoms with Gasteiger partial charge < -0.3 is 9.47 Å². The van der Waals surface area contributed by atoms with E-state index in [9.17, 15) is 4.79 Å². The number of esters is 1. The van der Waals surface area contributed by atoms with Gasteiger partial charge in [0.1, 0.15) is 22.2 Å². The van der Waals surface area contributed by atoms with Crippen molar-refractivity contribution in [3.63, 3.8) is 0 Å². The number of benzene rings is 1. The first-order valence-corrected chi connectivity index (χ1v) is 8.31. The van der Waals surface area contributed by atoms with Crippen molar-refractivity contribution in [2.24, 2.45) is 0 Å². The van der Waals surface area contributed by atoms with Crippen LogP contribution in [0.5, 0.6) is 5.75 Å². The fourth-order valence-electron chi connectivity index (χ4n) is 1.87. The predicted octanol–water partition coefficient (Wildman–Crippen LogP) is 4.24. The maximum Gasteiger partial charge on any atom is 0.348 e. The summed E-state index contributed by atoms with van der Waals surface area (Å²) in [5, 5.41) is 4.62. The molecule has 0 saturated heterocycles. The molecule has 0 unspecified atom stereocenters. The molecule has 22 heavy (non-hydrogen) atoms. The van der Waals surface area contributed by atoms with Crippen LogP contribution in [0.4, 0.5) is 0 Å². The van der Waals surface area contributed by atoms with Crippen molar-refractivity contribution >= 4 is 28.6 Å². The summed E-state index contributed by atoms with van der Waals surface area (Å²) >= 11 is 2.88.